The molecule has 0 saturated carbocycles. The molecule has 0 N–H and O–H groups in total. The number of hydrogen-bond acceptors (Lipinski definition) is 5. The largest absolute Gasteiger partial charge is 0.489 e. The van der Waals surface area contributed by atoms with E-state index in [0.717, 1.165) is 91.8 Å². The molecule has 8 heteroatoms. The van der Waals surface area contributed by atoms with E-state index in [1.165, 1.54) is 23.4 Å². The van der Waals surface area contributed by atoms with Gasteiger partial charge in [-0.1, -0.05) is 60.7 Å². The first-order valence-electron chi connectivity index (χ1n) is 16.1. The Bertz CT molecular complexity index is 1550. The van der Waals surface area contributed by atoms with Crippen molar-refractivity contribution in [3.63, 3.8) is 0 Å². The minimum absolute atomic E-state index is 0.137. The molecule has 4 aromatic rings. The second-order valence-electron chi connectivity index (χ2n) is 11.7. The summed E-state index contributed by atoms with van der Waals surface area (Å²) in [6, 6.07) is 25.5. The topological polar surface area (TPSA) is 51.7 Å². The van der Waals surface area contributed by atoms with Gasteiger partial charge >= 0.3 is 12.1 Å². The number of hydrogen-bond donors (Lipinski definition) is 0. The Morgan fingerprint density at radius 2 is 1.65 bits per heavy atom. The SMILES string of the molecule is CCOC(=O)CCCCN(CCc1ccccc1OCc1ccc(-c2ccc(C(F)(F)F)cc2)cc1)C1CCCc2ncccc21. The van der Waals surface area contributed by atoms with E-state index in [1.807, 2.05) is 61.7 Å². The molecule has 0 aliphatic heterocycles. The number of fused-ring (bicyclic) bond motifs is 1. The van der Waals surface area contributed by atoms with Gasteiger partial charge in [0.2, 0.25) is 0 Å². The van der Waals surface area contributed by atoms with Crippen LogP contribution in [-0.2, 0) is 35.2 Å². The normalized spacial score (nSPS) is 14.6. The maximum atomic E-state index is 12.9. The molecule has 1 unspecified atom stereocenters. The molecule has 0 radical (unpaired) electrons. The van der Waals surface area contributed by atoms with Crippen molar-refractivity contribution in [3.8, 4) is 16.9 Å². The van der Waals surface area contributed by atoms with Gasteiger partial charge in [-0.2, -0.15) is 13.2 Å². The Hall–Kier alpha value is -4.17. The van der Waals surface area contributed by atoms with Crippen molar-refractivity contribution in [2.24, 2.45) is 0 Å². The second-order valence-corrected chi connectivity index (χ2v) is 11.7. The van der Waals surface area contributed by atoms with E-state index in [1.54, 1.807) is 0 Å². The van der Waals surface area contributed by atoms with Crippen LogP contribution in [0.15, 0.2) is 91.1 Å². The summed E-state index contributed by atoms with van der Waals surface area (Å²) >= 11 is 0. The standard InChI is InChI=1S/C38H41F3N2O3/c1-2-45-37(44)14-5-6-25-43(35-12-7-11-34-33(35)10-8-24-42-34)26-23-31-9-3-4-13-36(31)46-27-28-15-17-29(18-16-28)30-19-21-32(22-20-30)38(39,40)41/h3-4,8-10,13,15-22,24,35H,2,5-7,11-12,14,23,25-27H2,1H3. The highest BCUT2D eigenvalue weighted by Crippen LogP contribution is 2.34. The molecule has 5 rings (SSSR count). The van der Waals surface area contributed by atoms with Gasteiger partial charge in [0, 0.05) is 30.9 Å². The van der Waals surface area contributed by atoms with Crippen LogP contribution in [0.1, 0.15) is 73.0 Å². The van der Waals surface area contributed by atoms with Crippen LogP contribution in [0.3, 0.4) is 0 Å². The van der Waals surface area contributed by atoms with Crippen molar-refractivity contribution < 1.29 is 27.4 Å². The molecule has 242 valence electrons. The fourth-order valence-electron chi connectivity index (χ4n) is 6.12. The zero-order chi connectivity index (χ0) is 32.4. The number of alkyl halides is 3. The van der Waals surface area contributed by atoms with Crippen LogP contribution in [0.25, 0.3) is 11.1 Å². The summed E-state index contributed by atoms with van der Waals surface area (Å²) in [4.78, 5) is 19.1. The van der Waals surface area contributed by atoms with E-state index in [-0.39, 0.29) is 12.0 Å². The molecule has 0 saturated heterocycles. The van der Waals surface area contributed by atoms with Crippen LogP contribution in [0.4, 0.5) is 13.2 Å². The molecule has 0 bridgehead atoms. The lowest BCUT2D eigenvalue weighted by Crippen LogP contribution is -2.34. The zero-order valence-corrected chi connectivity index (χ0v) is 26.3. The van der Waals surface area contributed by atoms with E-state index >= 15 is 0 Å². The minimum Gasteiger partial charge on any atom is -0.489 e. The Morgan fingerprint density at radius 1 is 0.913 bits per heavy atom. The molecule has 3 aromatic carbocycles. The number of aromatic nitrogens is 1. The number of carbonyl (C=O) groups excluding carboxylic acids is 1. The fourth-order valence-corrected chi connectivity index (χ4v) is 6.12. The average Bonchev–Trinajstić information content (AvgIpc) is 3.07. The number of pyridine rings is 1. The van der Waals surface area contributed by atoms with Gasteiger partial charge in [-0.15, -0.1) is 0 Å². The first-order chi connectivity index (χ1) is 22.3. The zero-order valence-electron chi connectivity index (χ0n) is 26.3. The molecule has 1 atom stereocenters. The molecule has 1 aliphatic carbocycles. The van der Waals surface area contributed by atoms with E-state index in [4.69, 9.17) is 9.47 Å². The second kappa shape index (κ2) is 15.9. The number of rotatable bonds is 14. The third-order valence-corrected chi connectivity index (χ3v) is 8.53. The van der Waals surface area contributed by atoms with Gasteiger partial charge in [-0.25, -0.2) is 0 Å². The lowest BCUT2D eigenvalue weighted by molar-refractivity contribution is -0.143. The molecule has 46 heavy (non-hydrogen) atoms. The van der Waals surface area contributed by atoms with Crippen LogP contribution in [-0.4, -0.2) is 35.5 Å². The van der Waals surface area contributed by atoms with Crippen molar-refractivity contribution in [3.05, 3.63) is 119 Å². The number of benzene rings is 3. The number of ether oxygens (including phenoxy) is 2. The highest BCUT2D eigenvalue weighted by Gasteiger charge is 2.30. The van der Waals surface area contributed by atoms with E-state index in [0.29, 0.717) is 19.6 Å². The number of aryl methyl sites for hydroxylation is 1. The average molecular weight is 631 g/mol. The monoisotopic (exact) mass is 630 g/mol. The Labute approximate surface area is 269 Å². The third kappa shape index (κ3) is 8.97. The summed E-state index contributed by atoms with van der Waals surface area (Å²) in [5.41, 5.74) is 5.51. The van der Waals surface area contributed by atoms with Crippen LogP contribution in [0.5, 0.6) is 5.75 Å². The summed E-state index contributed by atoms with van der Waals surface area (Å²) in [7, 11) is 0. The number of unbranched alkanes of at least 4 members (excludes halogenated alkanes) is 1. The summed E-state index contributed by atoms with van der Waals surface area (Å²) < 4.78 is 50.2. The highest BCUT2D eigenvalue weighted by atomic mass is 19.4. The van der Waals surface area contributed by atoms with Crippen LogP contribution in [0.2, 0.25) is 0 Å². The Morgan fingerprint density at radius 3 is 2.39 bits per heavy atom. The van der Waals surface area contributed by atoms with Gasteiger partial charge in [0.1, 0.15) is 12.4 Å². The van der Waals surface area contributed by atoms with Crippen molar-refractivity contribution in [1.82, 2.24) is 9.88 Å². The molecule has 5 nitrogen and oxygen atoms in total. The number of nitrogens with zero attached hydrogens (tertiary/aromatic N) is 2. The summed E-state index contributed by atoms with van der Waals surface area (Å²) in [6.45, 7) is 4.35. The van der Waals surface area contributed by atoms with Crippen LogP contribution >= 0.6 is 0 Å². The lowest BCUT2D eigenvalue weighted by Gasteiger charge is -2.35. The van der Waals surface area contributed by atoms with Crippen LogP contribution in [0, 0.1) is 0 Å². The molecular formula is C38H41F3N2O3. The van der Waals surface area contributed by atoms with Gasteiger partial charge in [-0.05, 0) is 104 Å². The van der Waals surface area contributed by atoms with Gasteiger partial charge in [0.15, 0.2) is 0 Å². The maximum Gasteiger partial charge on any atom is 0.416 e. The molecule has 0 amide bonds. The van der Waals surface area contributed by atoms with Crippen molar-refractivity contribution in [2.75, 3.05) is 19.7 Å². The predicted octanol–water partition coefficient (Wildman–Crippen LogP) is 9.00. The third-order valence-electron chi connectivity index (χ3n) is 8.53. The molecule has 0 spiro atoms. The molecule has 1 aromatic heterocycles. The lowest BCUT2D eigenvalue weighted by atomic mass is 9.89. The van der Waals surface area contributed by atoms with E-state index in [2.05, 4.69) is 22.0 Å². The molecule has 0 fully saturated rings. The minimum atomic E-state index is -4.35. The highest BCUT2D eigenvalue weighted by molar-refractivity contribution is 5.69. The van der Waals surface area contributed by atoms with Gasteiger partial charge in [0.05, 0.1) is 12.2 Å². The number of carbonyl (C=O) groups is 1. The number of esters is 1. The first-order valence-corrected chi connectivity index (χ1v) is 16.1. The van der Waals surface area contributed by atoms with Crippen molar-refractivity contribution >= 4 is 5.97 Å². The van der Waals surface area contributed by atoms with Gasteiger partial charge in [0.25, 0.3) is 0 Å². The van der Waals surface area contributed by atoms with Crippen LogP contribution < -0.4 is 4.74 Å². The number of halogens is 3. The predicted molar refractivity (Wildman–Crippen MR) is 173 cm³/mol. The summed E-state index contributed by atoms with van der Waals surface area (Å²) in [5.74, 6) is 0.698. The number of para-hydroxylation sites is 1. The van der Waals surface area contributed by atoms with Crippen molar-refractivity contribution in [1.29, 1.82) is 0 Å². The molecule has 1 aliphatic rings. The first kappa shape index (κ1) is 33.2. The molecule has 1 heterocycles. The Balaban J connectivity index is 1.22. The molecular weight excluding hydrogens is 589 g/mol. The maximum absolute atomic E-state index is 12.9. The quantitative estimate of drug-likeness (QED) is 0.103. The van der Waals surface area contributed by atoms with Gasteiger partial charge in [-0.3, -0.25) is 14.7 Å². The fraction of sp³-hybridized carbons (Fsp3) is 0.368. The van der Waals surface area contributed by atoms with Gasteiger partial charge < -0.3 is 9.47 Å². The van der Waals surface area contributed by atoms with E-state index in [9.17, 15) is 18.0 Å². The van der Waals surface area contributed by atoms with Crippen molar-refractivity contribution in [2.45, 2.75) is 70.7 Å². The summed E-state index contributed by atoms with van der Waals surface area (Å²) in [5, 5.41) is 0. The van der Waals surface area contributed by atoms with E-state index < -0.39 is 11.7 Å². The summed E-state index contributed by atoms with van der Waals surface area (Å²) in [6.07, 6.45) is 3.66. The smallest absolute Gasteiger partial charge is 0.416 e. The Kier molecular flexibility index (Phi) is 11.5.